The highest BCUT2D eigenvalue weighted by molar-refractivity contribution is 6.03. The number of carbonyl (C=O) groups is 1. The summed E-state index contributed by atoms with van der Waals surface area (Å²) < 4.78 is 15.9. The summed E-state index contributed by atoms with van der Waals surface area (Å²) in [5, 5.41) is 5.84. The van der Waals surface area contributed by atoms with Crippen molar-refractivity contribution in [2.45, 2.75) is 0 Å². The molecule has 4 rings (SSSR count). The average molecular weight is 364 g/mol. The third kappa shape index (κ3) is 3.59. The Kier molecular flexibility index (Phi) is 4.44. The largest absolute Gasteiger partial charge is 0.495 e. The second-order valence-electron chi connectivity index (χ2n) is 5.61. The first-order valence-electron chi connectivity index (χ1n) is 8.17. The molecule has 2 N–H and O–H groups in total. The van der Waals surface area contributed by atoms with Crippen molar-refractivity contribution in [2.75, 3.05) is 24.5 Å². The number of rotatable bonds is 5. The number of nitrogens with zero attached hydrogens (tertiary/aromatic N) is 2. The third-order valence-corrected chi connectivity index (χ3v) is 3.87. The Morgan fingerprint density at radius 2 is 1.96 bits per heavy atom. The zero-order chi connectivity index (χ0) is 18.6. The number of carbonyl (C=O) groups excluding carboxylic acids is 1. The van der Waals surface area contributed by atoms with Gasteiger partial charge in [0.25, 0.3) is 5.91 Å². The van der Waals surface area contributed by atoms with Gasteiger partial charge < -0.3 is 24.8 Å². The predicted molar refractivity (Wildman–Crippen MR) is 98.8 cm³/mol. The van der Waals surface area contributed by atoms with E-state index in [2.05, 4.69) is 20.6 Å². The Labute approximate surface area is 155 Å². The van der Waals surface area contributed by atoms with E-state index in [-0.39, 0.29) is 24.3 Å². The lowest BCUT2D eigenvalue weighted by Gasteiger charge is -2.10. The van der Waals surface area contributed by atoms with Crippen LogP contribution in [0.15, 0.2) is 54.7 Å². The number of amides is 1. The average Bonchev–Trinajstić information content (AvgIpc) is 3.16. The minimum Gasteiger partial charge on any atom is -0.495 e. The summed E-state index contributed by atoms with van der Waals surface area (Å²) in [6, 6.07) is 14.1. The van der Waals surface area contributed by atoms with Crippen LogP contribution in [0, 0.1) is 0 Å². The maximum atomic E-state index is 12.5. The van der Waals surface area contributed by atoms with Gasteiger partial charge in [0.05, 0.1) is 12.8 Å². The highest BCUT2D eigenvalue weighted by Crippen LogP contribution is 2.34. The standard InChI is InChI=1S/C19H16N4O4/c1-25-15-5-3-2-4-13(15)22-19-20-9-8-14(23-19)18(24)21-12-6-7-16-17(10-12)27-11-26-16/h2-10H,11H2,1H3,(H,21,24)(H,20,22,23). The van der Waals surface area contributed by atoms with Crippen molar-refractivity contribution in [1.82, 2.24) is 9.97 Å². The van der Waals surface area contributed by atoms with Gasteiger partial charge in [-0.3, -0.25) is 4.79 Å². The van der Waals surface area contributed by atoms with Crippen LogP contribution in [0.2, 0.25) is 0 Å². The Morgan fingerprint density at radius 3 is 2.85 bits per heavy atom. The smallest absolute Gasteiger partial charge is 0.274 e. The molecule has 0 atom stereocenters. The number of ether oxygens (including phenoxy) is 3. The summed E-state index contributed by atoms with van der Waals surface area (Å²) in [5.41, 5.74) is 1.51. The molecule has 1 amide bonds. The van der Waals surface area contributed by atoms with E-state index in [0.717, 1.165) is 0 Å². The number of aromatic nitrogens is 2. The molecule has 0 spiro atoms. The predicted octanol–water partition coefficient (Wildman–Crippen LogP) is 3.21. The van der Waals surface area contributed by atoms with Gasteiger partial charge in [0.1, 0.15) is 11.4 Å². The molecule has 0 unspecified atom stereocenters. The molecule has 0 saturated heterocycles. The van der Waals surface area contributed by atoms with E-state index < -0.39 is 0 Å². The zero-order valence-corrected chi connectivity index (χ0v) is 14.4. The number of fused-ring (bicyclic) bond motifs is 1. The molecule has 136 valence electrons. The molecule has 0 aliphatic carbocycles. The number of methoxy groups -OCH3 is 1. The summed E-state index contributed by atoms with van der Waals surface area (Å²) in [4.78, 5) is 20.9. The van der Waals surface area contributed by atoms with Gasteiger partial charge in [-0.05, 0) is 30.3 Å². The van der Waals surface area contributed by atoms with Crippen LogP contribution >= 0.6 is 0 Å². The van der Waals surface area contributed by atoms with E-state index in [1.807, 2.05) is 24.3 Å². The second-order valence-corrected chi connectivity index (χ2v) is 5.61. The first kappa shape index (κ1) is 16.6. The van der Waals surface area contributed by atoms with Crippen molar-refractivity contribution in [1.29, 1.82) is 0 Å². The van der Waals surface area contributed by atoms with E-state index in [1.165, 1.54) is 12.3 Å². The molecule has 27 heavy (non-hydrogen) atoms. The normalized spacial score (nSPS) is 11.7. The summed E-state index contributed by atoms with van der Waals surface area (Å²) in [7, 11) is 1.58. The van der Waals surface area contributed by atoms with E-state index in [0.29, 0.717) is 28.6 Å². The summed E-state index contributed by atoms with van der Waals surface area (Å²) >= 11 is 0. The number of para-hydroxylation sites is 2. The number of hydrogen-bond acceptors (Lipinski definition) is 7. The van der Waals surface area contributed by atoms with Gasteiger partial charge in [-0.25, -0.2) is 9.97 Å². The number of hydrogen-bond donors (Lipinski definition) is 2. The lowest BCUT2D eigenvalue weighted by Crippen LogP contribution is -2.14. The molecule has 1 aromatic heterocycles. The molecular weight excluding hydrogens is 348 g/mol. The van der Waals surface area contributed by atoms with Crippen LogP contribution in [-0.2, 0) is 0 Å². The van der Waals surface area contributed by atoms with E-state index in [9.17, 15) is 4.79 Å². The molecule has 2 heterocycles. The molecular formula is C19H16N4O4. The second kappa shape index (κ2) is 7.20. The van der Waals surface area contributed by atoms with Gasteiger partial charge in [-0.1, -0.05) is 12.1 Å². The Balaban J connectivity index is 1.51. The first-order chi connectivity index (χ1) is 13.2. The van der Waals surface area contributed by atoms with Gasteiger partial charge >= 0.3 is 0 Å². The highest BCUT2D eigenvalue weighted by atomic mass is 16.7. The number of anilines is 3. The highest BCUT2D eigenvalue weighted by Gasteiger charge is 2.15. The molecule has 3 aromatic rings. The van der Waals surface area contributed by atoms with Crippen molar-refractivity contribution in [2.24, 2.45) is 0 Å². The Bertz CT molecular complexity index is 993. The Morgan fingerprint density at radius 1 is 1.11 bits per heavy atom. The summed E-state index contributed by atoms with van der Waals surface area (Å²) in [6.07, 6.45) is 1.51. The van der Waals surface area contributed by atoms with Gasteiger partial charge in [0.2, 0.25) is 12.7 Å². The molecule has 1 aliphatic rings. The molecule has 0 saturated carbocycles. The van der Waals surface area contributed by atoms with Crippen LogP contribution in [0.5, 0.6) is 17.2 Å². The Hall–Kier alpha value is -3.81. The van der Waals surface area contributed by atoms with Gasteiger partial charge in [-0.15, -0.1) is 0 Å². The fourth-order valence-electron chi connectivity index (χ4n) is 2.58. The molecule has 2 aromatic carbocycles. The van der Waals surface area contributed by atoms with Crippen molar-refractivity contribution in [3.8, 4) is 17.2 Å². The quantitative estimate of drug-likeness (QED) is 0.718. The maximum absolute atomic E-state index is 12.5. The monoisotopic (exact) mass is 364 g/mol. The molecule has 0 fully saturated rings. The first-order valence-corrected chi connectivity index (χ1v) is 8.17. The van der Waals surface area contributed by atoms with Crippen LogP contribution in [0.4, 0.5) is 17.3 Å². The minimum absolute atomic E-state index is 0.177. The fourth-order valence-corrected chi connectivity index (χ4v) is 2.58. The van der Waals surface area contributed by atoms with Crippen molar-refractivity contribution in [3.05, 3.63) is 60.4 Å². The molecule has 0 radical (unpaired) electrons. The van der Waals surface area contributed by atoms with Gasteiger partial charge in [0, 0.05) is 18.0 Å². The SMILES string of the molecule is COc1ccccc1Nc1nccc(C(=O)Nc2ccc3c(c2)OCO3)n1. The molecule has 0 bridgehead atoms. The minimum atomic E-state index is -0.362. The number of benzene rings is 2. The van der Waals surface area contributed by atoms with E-state index >= 15 is 0 Å². The maximum Gasteiger partial charge on any atom is 0.274 e. The van der Waals surface area contributed by atoms with E-state index in [4.69, 9.17) is 14.2 Å². The lowest BCUT2D eigenvalue weighted by atomic mass is 10.2. The molecule has 8 heteroatoms. The number of nitrogens with one attached hydrogen (secondary N) is 2. The molecule has 8 nitrogen and oxygen atoms in total. The topological polar surface area (TPSA) is 94.6 Å². The van der Waals surface area contributed by atoms with Crippen LogP contribution in [0.3, 0.4) is 0 Å². The van der Waals surface area contributed by atoms with Crippen LogP contribution in [0.1, 0.15) is 10.5 Å². The lowest BCUT2D eigenvalue weighted by molar-refractivity contribution is 0.102. The summed E-state index contributed by atoms with van der Waals surface area (Å²) in [5.74, 6) is 1.82. The van der Waals surface area contributed by atoms with Crippen LogP contribution in [0.25, 0.3) is 0 Å². The fraction of sp³-hybridized carbons (Fsp3) is 0.105. The van der Waals surface area contributed by atoms with Gasteiger partial charge in [0.15, 0.2) is 11.5 Å². The van der Waals surface area contributed by atoms with Gasteiger partial charge in [-0.2, -0.15) is 0 Å². The van der Waals surface area contributed by atoms with E-state index in [1.54, 1.807) is 25.3 Å². The van der Waals surface area contributed by atoms with Crippen molar-refractivity contribution in [3.63, 3.8) is 0 Å². The summed E-state index contributed by atoms with van der Waals surface area (Å²) in [6.45, 7) is 0.177. The van der Waals surface area contributed by atoms with Crippen LogP contribution < -0.4 is 24.8 Å². The van der Waals surface area contributed by atoms with Crippen LogP contribution in [-0.4, -0.2) is 29.8 Å². The van der Waals surface area contributed by atoms with Crippen molar-refractivity contribution >= 4 is 23.2 Å². The molecule has 1 aliphatic heterocycles. The zero-order valence-electron chi connectivity index (χ0n) is 14.4. The van der Waals surface area contributed by atoms with Crippen molar-refractivity contribution < 1.29 is 19.0 Å². The third-order valence-electron chi connectivity index (χ3n) is 3.87.